The third kappa shape index (κ3) is 4.69. The number of hydrogen-bond acceptors (Lipinski definition) is 4. The lowest BCUT2D eigenvalue weighted by Gasteiger charge is -2.30. The number of nitrogens with zero attached hydrogens (tertiary/aromatic N) is 1. The van der Waals surface area contributed by atoms with Gasteiger partial charge in [0.2, 0.25) is 15.9 Å². The van der Waals surface area contributed by atoms with Gasteiger partial charge in [-0.15, -0.1) is 0 Å². The first kappa shape index (κ1) is 21.4. The molecule has 7 nitrogen and oxygen atoms in total. The largest absolute Gasteiger partial charge is 0.366 e. The van der Waals surface area contributed by atoms with E-state index in [4.69, 9.17) is 5.73 Å². The third-order valence-corrected chi connectivity index (χ3v) is 5.70. The molecule has 0 bridgehead atoms. The molecule has 0 aliphatic carbocycles. The van der Waals surface area contributed by atoms with Gasteiger partial charge in [0.15, 0.2) is 0 Å². The van der Waals surface area contributed by atoms with Gasteiger partial charge in [0.25, 0.3) is 5.91 Å². The third-order valence-electron chi connectivity index (χ3n) is 4.53. The maximum atomic E-state index is 13.0. The van der Waals surface area contributed by atoms with Crippen molar-refractivity contribution in [3.8, 4) is 0 Å². The highest BCUT2D eigenvalue weighted by molar-refractivity contribution is 7.92. The minimum Gasteiger partial charge on any atom is -0.366 e. The van der Waals surface area contributed by atoms with E-state index in [0.29, 0.717) is 5.69 Å². The second-order valence-electron chi connectivity index (χ2n) is 6.65. The maximum Gasteiger partial charge on any atom is 0.250 e. The Labute approximate surface area is 165 Å². The van der Waals surface area contributed by atoms with E-state index < -0.39 is 27.9 Å². The number of aryl methyl sites for hydroxylation is 2. The highest BCUT2D eigenvalue weighted by Crippen LogP contribution is 2.26. The second-order valence-corrected chi connectivity index (χ2v) is 8.51. The molecule has 0 saturated heterocycles. The Hall–Kier alpha value is -2.87. The molecule has 0 fully saturated rings. The van der Waals surface area contributed by atoms with Crippen LogP contribution in [0.3, 0.4) is 0 Å². The van der Waals surface area contributed by atoms with Gasteiger partial charge >= 0.3 is 0 Å². The number of primary amides is 1. The molecule has 0 spiro atoms. The summed E-state index contributed by atoms with van der Waals surface area (Å²) in [5.41, 5.74) is 8.10. The molecular formula is C20H25N3O4S. The van der Waals surface area contributed by atoms with Crippen LogP contribution in [0.25, 0.3) is 0 Å². The SMILES string of the molecule is CC[C@@H](C(=O)Nc1ccccc1C(N)=O)N(c1ccc(C)c(C)c1)S(C)(=O)=O. The maximum absolute atomic E-state index is 13.0. The van der Waals surface area contributed by atoms with Crippen molar-refractivity contribution >= 4 is 33.2 Å². The van der Waals surface area contributed by atoms with Crippen LogP contribution in [0.2, 0.25) is 0 Å². The lowest BCUT2D eigenvalue weighted by Crippen LogP contribution is -2.47. The van der Waals surface area contributed by atoms with Gasteiger partial charge in [0.1, 0.15) is 6.04 Å². The highest BCUT2D eigenvalue weighted by atomic mass is 32.2. The first-order valence-corrected chi connectivity index (χ1v) is 10.7. The number of rotatable bonds is 7. The second kappa shape index (κ2) is 8.43. The quantitative estimate of drug-likeness (QED) is 0.740. The van der Waals surface area contributed by atoms with Crippen LogP contribution in [0.1, 0.15) is 34.8 Å². The van der Waals surface area contributed by atoms with E-state index in [1.807, 2.05) is 19.9 Å². The van der Waals surface area contributed by atoms with Crippen LogP contribution < -0.4 is 15.4 Å². The van der Waals surface area contributed by atoms with Gasteiger partial charge in [-0.2, -0.15) is 0 Å². The minimum absolute atomic E-state index is 0.155. The van der Waals surface area contributed by atoms with Crippen LogP contribution in [-0.2, 0) is 14.8 Å². The molecule has 2 aromatic carbocycles. The Balaban J connectivity index is 2.45. The molecule has 0 unspecified atom stereocenters. The molecule has 2 aromatic rings. The summed E-state index contributed by atoms with van der Waals surface area (Å²) in [6.07, 6.45) is 1.31. The zero-order valence-electron chi connectivity index (χ0n) is 16.4. The normalized spacial score (nSPS) is 12.3. The van der Waals surface area contributed by atoms with Crippen molar-refractivity contribution in [2.45, 2.75) is 33.2 Å². The highest BCUT2D eigenvalue weighted by Gasteiger charge is 2.32. The summed E-state index contributed by atoms with van der Waals surface area (Å²) in [6, 6.07) is 10.6. The molecule has 8 heteroatoms. The molecule has 0 aromatic heterocycles. The Morgan fingerprint density at radius 1 is 1.11 bits per heavy atom. The predicted octanol–water partition coefficient (Wildman–Crippen LogP) is 2.59. The number of carbonyl (C=O) groups is 2. The van der Waals surface area contributed by atoms with E-state index in [-0.39, 0.29) is 17.7 Å². The molecule has 28 heavy (non-hydrogen) atoms. The Morgan fingerprint density at radius 3 is 2.29 bits per heavy atom. The topological polar surface area (TPSA) is 110 Å². The molecule has 150 valence electrons. The summed E-state index contributed by atoms with van der Waals surface area (Å²) in [5.74, 6) is -1.22. The zero-order chi connectivity index (χ0) is 21.1. The van der Waals surface area contributed by atoms with Crippen LogP contribution in [0.5, 0.6) is 0 Å². The molecule has 0 saturated carbocycles. The van der Waals surface area contributed by atoms with Gasteiger partial charge < -0.3 is 11.1 Å². The molecule has 1 atom stereocenters. The van der Waals surface area contributed by atoms with E-state index in [9.17, 15) is 18.0 Å². The Morgan fingerprint density at radius 2 is 1.75 bits per heavy atom. The van der Waals surface area contributed by atoms with Crippen molar-refractivity contribution < 1.29 is 18.0 Å². The Kier molecular flexibility index (Phi) is 6.45. The number of nitrogens with one attached hydrogen (secondary N) is 1. The van der Waals surface area contributed by atoms with Crippen LogP contribution in [-0.4, -0.2) is 32.5 Å². The standard InChI is InChI=1S/C20H25N3O4S/c1-5-18(20(25)22-17-9-7-6-8-16(17)19(21)24)23(28(4,26)27)15-11-10-13(2)14(3)12-15/h6-12,18H,5H2,1-4H3,(H2,21,24)(H,22,25)/t18-/m0/s1. The summed E-state index contributed by atoms with van der Waals surface area (Å²) < 4.78 is 26.2. The number of sulfonamides is 1. The van der Waals surface area contributed by atoms with Crippen LogP contribution >= 0.6 is 0 Å². The predicted molar refractivity (Wildman–Crippen MR) is 111 cm³/mol. The lowest BCUT2D eigenvalue weighted by atomic mass is 10.1. The smallest absolute Gasteiger partial charge is 0.250 e. The number of amides is 2. The fraction of sp³-hybridized carbons (Fsp3) is 0.300. The van der Waals surface area contributed by atoms with Crippen LogP contribution in [0.4, 0.5) is 11.4 Å². The molecule has 0 heterocycles. The molecule has 0 aliphatic rings. The van der Waals surface area contributed by atoms with Crippen molar-refractivity contribution in [3.05, 3.63) is 59.2 Å². The van der Waals surface area contributed by atoms with Crippen molar-refractivity contribution in [2.75, 3.05) is 15.9 Å². The monoisotopic (exact) mass is 403 g/mol. The van der Waals surface area contributed by atoms with Gasteiger partial charge in [-0.1, -0.05) is 25.1 Å². The zero-order valence-corrected chi connectivity index (χ0v) is 17.2. The average molecular weight is 404 g/mol. The van der Waals surface area contributed by atoms with E-state index in [0.717, 1.165) is 21.7 Å². The number of benzene rings is 2. The average Bonchev–Trinajstić information content (AvgIpc) is 2.61. The summed E-state index contributed by atoms with van der Waals surface area (Å²) in [7, 11) is -3.74. The molecule has 3 N–H and O–H groups in total. The van der Waals surface area contributed by atoms with Crippen molar-refractivity contribution in [1.29, 1.82) is 0 Å². The van der Waals surface area contributed by atoms with Gasteiger partial charge in [-0.25, -0.2) is 8.42 Å². The van der Waals surface area contributed by atoms with E-state index in [1.54, 1.807) is 37.3 Å². The number of anilines is 2. The van der Waals surface area contributed by atoms with Crippen LogP contribution in [0, 0.1) is 13.8 Å². The lowest BCUT2D eigenvalue weighted by molar-refractivity contribution is -0.117. The molecule has 2 rings (SSSR count). The van der Waals surface area contributed by atoms with Gasteiger partial charge in [-0.3, -0.25) is 13.9 Å². The molecule has 0 aliphatic heterocycles. The van der Waals surface area contributed by atoms with E-state index in [2.05, 4.69) is 5.32 Å². The van der Waals surface area contributed by atoms with Crippen molar-refractivity contribution in [2.24, 2.45) is 5.73 Å². The molecular weight excluding hydrogens is 378 g/mol. The van der Waals surface area contributed by atoms with E-state index >= 15 is 0 Å². The van der Waals surface area contributed by atoms with Crippen LogP contribution in [0.15, 0.2) is 42.5 Å². The fourth-order valence-corrected chi connectivity index (χ4v) is 4.15. The fourth-order valence-electron chi connectivity index (χ4n) is 2.95. The van der Waals surface area contributed by atoms with Crippen molar-refractivity contribution in [3.63, 3.8) is 0 Å². The van der Waals surface area contributed by atoms with Gasteiger partial charge in [0, 0.05) is 0 Å². The molecule has 2 amide bonds. The number of para-hydroxylation sites is 1. The van der Waals surface area contributed by atoms with Gasteiger partial charge in [0.05, 0.1) is 23.2 Å². The molecule has 0 radical (unpaired) electrons. The summed E-state index contributed by atoms with van der Waals surface area (Å²) >= 11 is 0. The number of carbonyl (C=O) groups excluding carboxylic acids is 2. The summed E-state index contributed by atoms with van der Waals surface area (Å²) in [5, 5.41) is 2.65. The Bertz CT molecular complexity index is 1000. The first-order chi connectivity index (χ1) is 13.1. The first-order valence-electron chi connectivity index (χ1n) is 8.82. The summed E-state index contributed by atoms with van der Waals surface area (Å²) in [6.45, 7) is 5.53. The van der Waals surface area contributed by atoms with Crippen molar-refractivity contribution in [1.82, 2.24) is 0 Å². The van der Waals surface area contributed by atoms with E-state index in [1.165, 1.54) is 6.07 Å². The number of hydrogen-bond donors (Lipinski definition) is 2. The number of nitrogens with two attached hydrogens (primary N) is 1. The van der Waals surface area contributed by atoms with Gasteiger partial charge in [-0.05, 0) is 55.7 Å². The minimum atomic E-state index is -3.74. The summed E-state index contributed by atoms with van der Waals surface area (Å²) in [4.78, 5) is 24.6.